The van der Waals surface area contributed by atoms with Crippen LogP contribution in [0.25, 0.3) is 0 Å². The fraction of sp³-hybridized carbons (Fsp3) is 0.667. The minimum Gasteiger partial charge on any atom is -0.492 e. The molecule has 3 N–H and O–H groups in total. The van der Waals surface area contributed by atoms with Gasteiger partial charge in [-0.1, -0.05) is 32.9 Å². The number of aliphatic hydroxyl groups is 1. The van der Waals surface area contributed by atoms with Crippen molar-refractivity contribution in [3.05, 3.63) is 29.8 Å². The Morgan fingerprint density at radius 2 is 1.96 bits per heavy atom. The normalized spacial score (nSPS) is 21.3. The van der Waals surface area contributed by atoms with Gasteiger partial charge in [0.05, 0.1) is 12.6 Å². The van der Waals surface area contributed by atoms with Gasteiger partial charge in [0.2, 0.25) is 0 Å². The van der Waals surface area contributed by atoms with Gasteiger partial charge >= 0.3 is 0 Å². The maximum atomic E-state index is 9.63. The molecule has 5 heteroatoms. The molecule has 2 rings (SSSR count). The molecule has 1 aromatic rings. The highest BCUT2D eigenvalue weighted by atomic mass is 16.5. The molecule has 0 spiro atoms. The van der Waals surface area contributed by atoms with Crippen LogP contribution in [-0.2, 0) is 5.41 Å². The number of hydrogen-bond donors (Lipinski definition) is 3. The van der Waals surface area contributed by atoms with E-state index in [1.165, 1.54) is 5.56 Å². The third kappa shape index (κ3) is 6.87. The Balaban J connectivity index is 1.82. The van der Waals surface area contributed by atoms with Crippen molar-refractivity contribution in [1.82, 2.24) is 10.6 Å². The predicted molar refractivity (Wildman–Crippen MR) is 108 cm³/mol. The van der Waals surface area contributed by atoms with Crippen LogP contribution in [0.15, 0.2) is 29.3 Å². The molecule has 1 saturated carbocycles. The summed E-state index contributed by atoms with van der Waals surface area (Å²) < 4.78 is 5.88. The van der Waals surface area contributed by atoms with Gasteiger partial charge in [-0.05, 0) is 55.7 Å². The van der Waals surface area contributed by atoms with Crippen molar-refractivity contribution in [2.45, 2.75) is 70.9 Å². The number of nitrogens with zero attached hydrogens (tertiary/aromatic N) is 1. The third-order valence-electron chi connectivity index (χ3n) is 4.71. The van der Waals surface area contributed by atoms with Crippen LogP contribution >= 0.6 is 0 Å². The number of benzene rings is 1. The summed E-state index contributed by atoms with van der Waals surface area (Å²) in [5, 5.41) is 16.4. The van der Waals surface area contributed by atoms with Crippen LogP contribution in [0.3, 0.4) is 0 Å². The molecule has 26 heavy (non-hydrogen) atoms. The average Bonchev–Trinajstić information content (AvgIpc) is 2.60. The summed E-state index contributed by atoms with van der Waals surface area (Å²) in [5.41, 5.74) is 1.39. The van der Waals surface area contributed by atoms with E-state index in [0.717, 1.165) is 43.9 Å². The molecule has 0 heterocycles. The van der Waals surface area contributed by atoms with Gasteiger partial charge in [0.1, 0.15) is 12.4 Å². The standard InChI is InChI=1S/C21H35N3O2/c1-5-22-20(24-17-9-11-18(25)12-10-17)23-13-14-26-19-8-6-7-16(15-19)21(2,3)4/h6-8,15,17-18,25H,5,9-14H2,1-4H3,(H2,22,23,24). The molecular formula is C21H35N3O2. The van der Waals surface area contributed by atoms with Gasteiger partial charge in [-0.25, -0.2) is 4.99 Å². The lowest BCUT2D eigenvalue weighted by Gasteiger charge is -2.27. The van der Waals surface area contributed by atoms with Crippen LogP contribution in [0.4, 0.5) is 0 Å². The summed E-state index contributed by atoms with van der Waals surface area (Å²) in [6.07, 6.45) is 3.57. The highest BCUT2D eigenvalue weighted by Crippen LogP contribution is 2.25. The summed E-state index contributed by atoms with van der Waals surface area (Å²) >= 11 is 0. The summed E-state index contributed by atoms with van der Waals surface area (Å²) in [4.78, 5) is 4.62. The van der Waals surface area contributed by atoms with E-state index in [1.54, 1.807) is 0 Å². The maximum absolute atomic E-state index is 9.63. The van der Waals surface area contributed by atoms with Gasteiger partial charge in [-0.15, -0.1) is 0 Å². The predicted octanol–water partition coefficient (Wildman–Crippen LogP) is 3.22. The molecule has 0 bridgehead atoms. The topological polar surface area (TPSA) is 65.9 Å². The number of nitrogens with one attached hydrogen (secondary N) is 2. The second-order valence-electron chi connectivity index (χ2n) is 8.04. The molecule has 0 aromatic heterocycles. The van der Waals surface area contributed by atoms with E-state index in [4.69, 9.17) is 4.74 Å². The van der Waals surface area contributed by atoms with E-state index in [0.29, 0.717) is 19.2 Å². The van der Waals surface area contributed by atoms with Gasteiger partial charge in [0, 0.05) is 12.6 Å². The molecule has 0 saturated heterocycles. The molecule has 5 nitrogen and oxygen atoms in total. The first kappa shape index (κ1) is 20.6. The molecule has 1 aromatic carbocycles. The van der Waals surface area contributed by atoms with E-state index in [-0.39, 0.29) is 11.5 Å². The first-order valence-electron chi connectivity index (χ1n) is 9.84. The summed E-state index contributed by atoms with van der Waals surface area (Å²) in [7, 11) is 0. The highest BCUT2D eigenvalue weighted by molar-refractivity contribution is 5.80. The Bertz CT molecular complexity index is 573. The van der Waals surface area contributed by atoms with Crippen LogP contribution in [0.5, 0.6) is 5.75 Å². The van der Waals surface area contributed by atoms with E-state index >= 15 is 0 Å². The first-order valence-corrected chi connectivity index (χ1v) is 9.84. The number of guanidine groups is 1. The monoisotopic (exact) mass is 361 g/mol. The molecule has 0 atom stereocenters. The number of hydrogen-bond acceptors (Lipinski definition) is 3. The van der Waals surface area contributed by atoms with Gasteiger partial charge < -0.3 is 20.5 Å². The van der Waals surface area contributed by atoms with Crippen molar-refractivity contribution in [2.24, 2.45) is 4.99 Å². The molecule has 0 unspecified atom stereocenters. The summed E-state index contributed by atoms with van der Waals surface area (Å²) in [6.45, 7) is 10.7. The zero-order valence-electron chi connectivity index (χ0n) is 16.7. The summed E-state index contributed by atoms with van der Waals surface area (Å²) in [5.74, 6) is 1.73. The number of ether oxygens (including phenoxy) is 1. The number of aliphatic imine (C=N–C) groups is 1. The minimum atomic E-state index is -0.134. The molecule has 1 aliphatic rings. The fourth-order valence-electron chi connectivity index (χ4n) is 3.11. The quantitative estimate of drug-likeness (QED) is 0.413. The Morgan fingerprint density at radius 3 is 2.62 bits per heavy atom. The van der Waals surface area contributed by atoms with Crippen LogP contribution in [-0.4, -0.2) is 42.9 Å². The first-order chi connectivity index (χ1) is 12.4. The van der Waals surface area contributed by atoms with Crippen molar-refractivity contribution >= 4 is 5.96 Å². The molecule has 1 aliphatic carbocycles. The van der Waals surface area contributed by atoms with E-state index in [2.05, 4.69) is 55.5 Å². The van der Waals surface area contributed by atoms with E-state index in [1.807, 2.05) is 12.1 Å². The lowest BCUT2D eigenvalue weighted by Crippen LogP contribution is -2.45. The lowest BCUT2D eigenvalue weighted by molar-refractivity contribution is 0.120. The van der Waals surface area contributed by atoms with Gasteiger partial charge in [0.15, 0.2) is 5.96 Å². The number of rotatable bonds is 6. The fourth-order valence-corrected chi connectivity index (χ4v) is 3.11. The second-order valence-corrected chi connectivity index (χ2v) is 8.04. The van der Waals surface area contributed by atoms with Crippen molar-refractivity contribution in [1.29, 1.82) is 0 Å². The Morgan fingerprint density at radius 1 is 1.23 bits per heavy atom. The Kier molecular flexibility index (Phi) is 7.76. The molecule has 0 aliphatic heterocycles. The smallest absolute Gasteiger partial charge is 0.191 e. The Labute approximate surface area is 158 Å². The maximum Gasteiger partial charge on any atom is 0.191 e. The van der Waals surface area contributed by atoms with Crippen molar-refractivity contribution < 1.29 is 9.84 Å². The van der Waals surface area contributed by atoms with Gasteiger partial charge in [0.25, 0.3) is 0 Å². The average molecular weight is 362 g/mol. The number of aliphatic hydroxyl groups excluding tert-OH is 1. The van der Waals surface area contributed by atoms with Crippen LogP contribution in [0.2, 0.25) is 0 Å². The highest BCUT2D eigenvalue weighted by Gasteiger charge is 2.20. The molecular weight excluding hydrogens is 326 g/mol. The second kappa shape index (κ2) is 9.81. The minimum absolute atomic E-state index is 0.118. The Hall–Kier alpha value is -1.75. The third-order valence-corrected chi connectivity index (χ3v) is 4.71. The van der Waals surface area contributed by atoms with Crippen LogP contribution in [0.1, 0.15) is 58.9 Å². The summed E-state index contributed by atoms with van der Waals surface area (Å²) in [6, 6.07) is 8.68. The van der Waals surface area contributed by atoms with Crippen molar-refractivity contribution in [3.8, 4) is 5.75 Å². The van der Waals surface area contributed by atoms with Crippen molar-refractivity contribution in [3.63, 3.8) is 0 Å². The molecule has 0 radical (unpaired) electrons. The van der Waals surface area contributed by atoms with Crippen LogP contribution in [0, 0.1) is 0 Å². The molecule has 0 amide bonds. The van der Waals surface area contributed by atoms with E-state index < -0.39 is 0 Å². The molecule has 146 valence electrons. The van der Waals surface area contributed by atoms with Gasteiger partial charge in [-0.2, -0.15) is 0 Å². The largest absolute Gasteiger partial charge is 0.492 e. The van der Waals surface area contributed by atoms with Gasteiger partial charge in [-0.3, -0.25) is 0 Å². The zero-order chi connectivity index (χ0) is 19.0. The zero-order valence-corrected chi connectivity index (χ0v) is 16.7. The SMILES string of the molecule is CCNC(=NCCOc1cccc(C(C)(C)C)c1)NC1CCC(O)CC1. The molecule has 1 fully saturated rings. The lowest BCUT2D eigenvalue weighted by atomic mass is 9.87. The van der Waals surface area contributed by atoms with Crippen LogP contribution < -0.4 is 15.4 Å². The van der Waals surface area contributed by atoms with Crippen molar-refractivity contribution in [2.75, 3.05) is 19.7 Å². The van der Waals surface area contributed by atoms with E-state index in [9.17, 15) is 5.11 Å².